The first-order valence-electron chi connectivity index (χ1n) is 2.99. The van der Waals surface area contributed by atoms with Crippen LogP contribution in [-0.4, -0.2) is 12.5 Å². The Balaban J connectivity index is 3.17. The highest BCUT2D eigenvalue weighted by Crippen LogP contribution is 1.91. The molecule has 1 amide bonds. The maximum atomic E-state index is 10.4. The van der Waals surface area contributed by atoms with Gasteiger partial charge < -0.3 is 11.1 Å². The molecule has 0 unspecified atom stereocenters. The van der Waals surface area contributed by atoms with Crippen LogP contribution >= 0.6 is 0 Å². The summed E-state index contributed by atoms with van der Waals surface area (Å²) in [6.45, 7) is 5.74. The van der Waals surface area contributed by atoms with E-state index in [4.69, 9.17) is 5.73 Å². The van der Waals surface area contributed by atoms with Gasteiger partial charge in [0, 0.05) is 0 Å². The highest BCUT2D eigenvalue weighted by atomic mass is 16.1. The van der Waals surface area contributed by atoms with E-state index in [-0.39, 0.29) is 12.5 Å². The third-order valence-electron chi connectivity index (χ3n) is 0.763. The Morgan fingerprint density at radius 3 is 2.67 bits per heavy atom. The first-order valence-corrected chi connectivity index (χ1v) is 2.99. The van der Waals surface area contributed by atoms with Gasteiger partial charge in [0.25, 0.3) is 0 Å². The molecule has 3 heteroatoms. The van der Waals surface area contributed by atoms with E-state index in [9.17, 15) is 4.79 Å². The lowest BCUT2D eigenvalue weighted by atomic mass is 10.2. The van der Waals surface area contributed by atoms with Crippen molar-refractivity contribution >= 4 is 5.91 Å². The van der Waals surface area contributed by atoms with Crippen LogP contribution in [0, 0.1) is 12.5 Å². The molecule has 1 radical (unpaired) electrons. The molecule has 0 aliphatic heterocycles. The second-order valence-corrected chi connectivity index (χ2v) is 2.18. The Kier molecular flexibility index (Phi) is 4.05. The van der Waals surface area contributed by atoms with E-state index in [1.807, 2.05) is 13.8 Å². The zero-order chi connectivity index (χ0) is 7.28. The highest BCUT2D eigenvalue weighted by molar-refractivity contribution is 5.78. The molecule has 0 atom stereocenters. The predicted octanol–water partition coefficient (Wildman–Crippen LogP) is -0.121. The van der Waals surface area contributed by atoms with Crippen LogP contribution in [0.15, 0.2) is 0 Å². The molecule has 0 spiro atoms. The van der Waals surface area contributed by atoms with Crippen molar-refractivity contribution in [3.63, 3.8) is 0 Å². The Labute approximate surface area is 55.6 Å². The van der Waals surface area contributed by atoms with Gasteiger partial charge in [-0.3, -0.25) is 4.79 Å². The maximum Gasteiger partial charge on any atom is 0.234 e. The molecule has 0 fully saturated rings. The highest BCUT2D eigenvalue weighted by Gasteiger charge is 1.97. The second kappa shape index (κ2) is 4.32. The first-order chi connectivity index (χ1) is 4.16. The van der Waals surface area contributed by atoms with E-state index in [0.717, 1.165) is 0 Å². The number of carbonyl (C=O) groups is 1. The fourth-order valence-corrected chi connectivity index (χ4v) is 0.319. The Hall–Kier alpha value is -0.570. The summed E-state index contributed by atoms with van der Waals surface area (Å²) in [5.41, 5.74) is 5.03. The molecule has 9 heavy (non-hydrogen) atoms. The summed E-state index contributed by atoms with van der Waals surface area (Å²) in [6.07, 6.45) is 0. The second-order valence-electron chi connectivity index (χ2n) is 2.18. The summed E-state index contributed by atoms with van der Waals surface area (Å²) in [5.74, 6) is 0.240. The fourth-order valence-electron chi connectivity index (χ4n) is 0.319. The summed E-state index contributed by atoms with van der Waals surface area (Å²) in [4.78, 5) is 10.4. The summed E-state index contributed by atoms with van der Waals surface area (Å²) in [7, 11) is 0. The molecule has 0 saturated carbocycles. The molecular weight excluding hydrogens is 116 g/mol. The molecule has 0 bridgehead atoms. The van der Waals surface area contributed by atoms with Crippen molar-refractivity contribution in [2.24, 2.45) is 11.7 Å². The summed E-state index contributed by atoms with van der Waals surface area (Å²) < 4.78 is 0. The van der Waals surface area contributed by atoms with Gasteiger partial charge in [0.1, 0.15) is 0 Å². The lowest BCUT2D eigenvalue weighted by Crippen LogP contribution is -2.29. The zero-order valence-electron chi connectivity index (χ0n) is 5.85. The lowest BCUT2D eigenvalue weighted by molar-refractivity contribution is -0.119. The van der Waals surface area contributed by atoms with Crippen molar-refractivity contribution in [1.82, 2.24) is 5.32 Å². The minimum atomic E-state index is -0.135. The third kappa shape index (κ3) is 5.30. The van der Waals surface area contributed by atoms with Gasteiger partial charge in [-0.05, 0) is 5.92 Å². The standard InChI is InChI=1S/C6H13N2O/c1-5(2)4-8-6(9)3-7/h4-5H,3,7H2,1-2H3,(H,8,9). The Bertz CT molecular complexity index is 91.1. The molecule has 53 valence electrons. The maximum absolute atomic E-state index is 10.4. The molecule has 0 aliphatic rings. The number of nitrogens with two attached hydrogens (primary N) is 1. The summed E-state index contributed by atoms with van der Waals surface area (Å²) >= 11 is 0. The SMILES string of the molecule is CC(C)[CH]NC(=O)CN. The molecule has 0 rings (SSSR count). The topological polar surface area (TPSA) is 55.1 Å². The van der Waals surface area contributed by atoms with Crippen LogP contribution in [0.1, 0.15) is 13.8 Å². The van der Waals surface area contributed by atoms with Crippen molar-refractivity contribution in [2.75, 3.05) is 6.54 Å². The van der Waals surface area contributed by atoms with Crippen LogP contribution < -0.4 is 11.1 Å². The minimum Gasteiger partial charge on any atom is -0.350 e. The average molecular weight is 129 g/mol. The monoisotopic (exact) mass is 129 g/mol. The van der Waals surface area contributed by atoms with E-state index < -0.39 is 0 Å². The average Bonchev–Trinajstić information content (AvgIpc) is 1.83. The van der Waals surface area contributed by atoms with Crippen molar-refractivity contribution in [3.05, 3.63) is 6.54 Å². The third-order valence-corrected chi connectivity index (χ3v) is 0.763. The van der Waals surface area contributed by atoms with E-state index in [1.165, 1.54) is 0 Å². The number of hydrogen-bond acceptors (Lipinski definition) is 2. The molecule has 3 N–H and O–H groups in total. The molecular formula is C6H13N2O. The van der Waals surface area contributed by atoms with Gasteiger partial charge in [-0.15, -0.1) is 0 Å². The van der Waals surface area contributed by atoms with E-state index in [0.29, 0.717) is 5.92 Å². The minimum absolute atomic E-state index is 0.0587. The molecule has 0 aliphatic carbocycles. The molecule has 0 saturated heterocycles. The molecule has 0 aromatic heterocycles. The number of carbonyl (C=O) groups excluding carboxylic acids is 1. The molecule has 0 aromatic carbocycles. The Morgan fingerprint density at radius 2 is 2.33 bits per heavy atom. The van der Waals surface area contributed by atoms with Crippen molar-refractivity contribution < 1.29 is 4.79 Å². The number of hydrogen-bond donors (Lipinski definition) is 2. The molecule has 0 aromatic rings. The van der Waals surface area contributed by atoms with Crippen molar-refractivity contribution in [3.8, 4) is 0 Å². The zero-order valence-corrected chi connectivity index (χ0v) is 5.85. The van der Waals surface area contributed by atoms with Crippen LogP contribution in [0.5, 0.6) is 0 Å². The van der Waals surface area contributed by atoms with Gasteiger partial charge in [-0.25, -0.2) is 0 Å². The first kappa shape index (κ1) is 8.43. The van der Waals surface area contributed by atoms with Gasteiger partial charge in [0.15, 0.2) is 0 Å². The molecule has 3 nitrogen and oxygen atoms in total. The largest absolute Gasteiger partial charge is 0.350 e. The van der Waals surface area contributed by atoms with Gasteiger partial charge in [-0.2, -0.15) is 0 Å². The fraction of sp³-hybridized carbons (Fsp3) is 0.667. The lowest BCUT2D eigenvalue weighted by Gasteiger charge is -2.03. The van der Waals surface area contributed by atoms with Crippen LogP contribution in [-0.2, 0) is 4.79 Å². The number of nitrogens with one attached hydrogen (secondary N) is 1. The van der Waals surface area contributed by atoms with Gasteiger partial charge >= 0.3 is 0 Å². The van der Waals surface area contributed by atoms with E-state index in [2.05, 4.69) is 5.32 Å². The Morgan fingerprint density at radius 1 is 1.78 bits per heavy atom. The van der Waals surface area contributed by atoms with Gasteiger partial charge in [0.05, 0.1) is 13.1 Å². The quantitative estimate of drug-likeness (QED) is 0.558. The van der Waals surface area contributed by atoms with E-state index >= 15 is 0 Å². The van der Waals surface area contributed by atoms with Crippen LogP contribution in [0.2, 0.25) is 0 Å². The van der Waals surface area contributed by atoms with Crippen LogP contribution in [0.4, 0.5) is 0 Å². The smallest absolute Gasteiger partial charge is 0.234 e. The number of amides is 1. The predicted molar refractivity (Wildman–Crippen MR) is 36.3 cm³/mol. The normalized spacial score (nSPS) is 9.78. The number of rotatable bonds is 3. The van der Waals surface area contributed by atoms with Gasteiger partial charge in [0.2, 0.25) is 5.91 Å². The summed E-state index contributed by atoms with van der Waals surface area (Å²) in [6, 6.07) is 0. The summed E-state index contributed by atoms with van der Waals surface area (Å²) in [5, 5.41) is 2.54. The van der Waals surface area contributed by atoms with Crippen LogP contribution in [0.25, 0.3) is 0 Å². The van der Waals surface area contributed by atoms with Crippen LogP contribution in [0.3, 0.4) is 0 Å². The van der Waals surface area contributed by atoms with Crippen molar-refractivity contribution in [2.45, 2.75) is 13.8 Å². The molecule has 0 heterocycles. The van der Waals surface area contributed by atoms with Crippen molar-refractivity contribution in [1.29, 1.82) is 0 Å². The van der Waals surface area contributed by atoms with E-state index in [1.54, 1.807) is 6.54 Å². The van der Waals surface area contributed by atoms with Gasteiger partial charge in [-0.1, -0.05) is 13.8 Å².